The number of aromatic nitrogens is 2. The van der Waals surface area contributed by atoms with Crippen LogP contribution in [0.15, 0.2) is 0 Å². The largest absolute Gasteiger partial charge is 0.462 e. The number of carbonyl (C=O) groups excluding carboxylic acids is 2. The van der Waals surface area contributed by atoms with Gasteiger partial charge in [0.05, 0.1) is 17.9 Å². The Kier molecular flexibility index (Phi) is 4.21. The molecule has 0 saturated carbocycles. The number of rotatable bonds is 4. The first-order chi connectivity index (χ1) is 11.0. The van der Waals surface area contributed by atoms with Crippen molar-refractivity contribution in [3.8, 4) is 0 Å². The van der Waals surface area contributed by atoms with Crippen LogP contribution in [0.4, 0.5) is 5.13 Å². The van der Waals surface area contributed by atoms with Crippen molar-refractivity contribution in [1.82, 2.24) is 9.97 Å². The molecule has 7 heteroatoms. The zero-order valence-electron chi connectivity index (χ0n) is 13.4. The van der Waals surface area contributed by atoms with Gasteiger partial charge in [-0.15, -0.1) is 11.3 Å². The third-order valence-electron chi connectivity index (χ3n) is 3.96. The van der Waals surface area contributed by atoms with Crippen LogP contribution in [0.3, 0.4) is 0 Å². The van der Waals surface area contributed by atoms with Gasteiger partial charge < -0.3 is 9.72 Å². The van der Waals surface area contributed by atoms with E-state index in [1.54, 1.807) is 20.8 Å². The number of nitrogens with one attached hydrogen (secondary N) is 2. The van der Waals surface area contributed by atoms with Crippen LogP contribution in [0, 0.1) is 13.8 Å². The van der Waals surface area contributed by atoms with Crippen molar-refractivity contribution in [2.24, 2.45) is 0 Å². The van der Waals surface area contributed by atoms with Crippen LogP contribution in [0.5, 0.6) is 0 Å². The van der Waals surface area contributed by atoms with Crippen molar-refractivity contribution in [3.05, 3.63) is 33.1 Å². The maximum Gasteiger partial charge on any atom is 0.340 e. The normalized spacial score (nSPS) is 13.0. The summed E-state index contributed by atoms with van der Waals surface area (Å²) in [7, 11) is 0. The Morgan fingerprint density at radius 3 is 2.83 bits per heavy atom. The van der Waals surface area contributed by atoms with Gasteiger partial charge in [-0.1, -0.05) is 0 Å². The van der Waals surface area contributed by atoms with E-state index >= 15 is 0 Å². The lowest BCUT2D eigenvalue weighted by atomic mass is 10.1. The Morgan fingerprint density at radius 1 is 1.35 bits per heavy atom. The van der Waals surface area contributed by atoms with Gasteiger partial charge in [-0.2, -0.15) is 0 Å². The average Bonchev–Trinajstić information content (AvgIpc) is 3.12. The van der Waals surface area contributed by atoms with E-state index in [9.17, 15) is 9.59 Å². The molecule has 0 atom stereocenters. The fourth-order valence-corrected chi connectivity index (χ4v) is 3.93. The van der Waals surface area contributed by atoms with E-state index < -0.39 is 5.97 Å². The monoisotopic (exact) mass is 333 g/mol. The highest BCUT2D eigenvalue weighted by Gasteiger charge is 2.24. The maximum atomic E-state index is 12.5. The summed E-state index contributed by atoms with van der Waals surface area (Å²) < 4.78 is 5.04. The lowest BCUT2D eigenvalue weighted by Crippen LogP contribution is -2.14. The highest BCUT2D eigenvalue weighted by Crippen LogP contribution is 2.31. The van der Waals surface area contributed by atoms with Crippen molar-refractivity contribution in [1.29, 1.82) is 0 Å². The van der Waals surface area contributed by atoms with Crippen LogP contribution in [-0.2, 0) is 17.6 Å². The van der Waals surface area contributed by atoms with Crippen molar-refractivity contribution >= 4 is 28.3 Å². The average molecular weight is 333 g/mol. The van der Waals surface area contributed by atoms with Gasteiger partial charge in [0.1, 0.15) is 5.69 Å². The van der Waals surface area contributed by atoms with E-state index in [4.69, 9.17) is 4.74 Å². The first kappa shape index (κ1) is 15.7. The molecular weight excluding hydrogens is 314 g/mol. The molecule has 1 amide bonds. The maximum absolute atomic E-state index is 12.5. The van der Waals surface area contributed by atoms with Gasteiger partial charge in [-0.25, -0.2) is 9.78 Å². The number of aryl methyl sites for hydroxylation is 3. The van der Waals surface area contributed by atoms with E-state index in [1.807, 2.05) is 0 Å². The van der Waals surface area contributed by atoms with E-state index in [-0.39, 0.29) is 5.91 Å². The zero-order valence-corrected chi connectivity index (χ0v) is 14.2. The standard InChI is InChI=1S/C16H19N3O3S/c1-4-22-15(21)12-8(2)13(17-9(12)3)14(20)19-16-18-10-6-5-7-11(10)23-16/h17H,4-7H2,1-3H3,(H,18,19,20). The molecule has 1 aliphatic carbocycles. The van der Waals surface area contributed by atoms with Gasteiger partial charge in [0.25, 0.3) is 5.91 Å². The second-order valence-corrected chi connectivity index (χ2v) is 6.63. The quantitative estimate of drug-likeness (QED) is 0.843. The van der Waals surface area contributed by atoms with Crippen LogP contribution in [-0.4, -0.2) is 28.5 Å². The molecular formula is C16H19N3O3S. The molecule has 0 aliphatic heterocycles. The minimum Gasteiger partial charge on any atom is -0.462 e. The Hall–Kier alpha value is -2.15. The number of aromatic amines is 1. The van der Waals surface area contributed by atoms with Crippen LogP contribution in [0.25, 0.3) is 0 Å². The molecule has 1 aliphatic rings. The summed E-state index contributed by atoms with van der Waals surface area (Å²) in [5, 5.41) is 3.44. The fraction of sp³-hybridized carbons (Fsp3) is 0.438. The van der Waals surface area contributed by atoms with Gasteiger partial charge in [0, 0.05) is 10.6 Å². The number of ether oxygens (including phenoxy) is 1. The molecule has 6 nitrogen and oxygen atoms in total. The second-order valence-electron chi connectivity index (χ2n) is 5.54. The number of carbonyl (C=O) groups is 2. The van der Waals surface area contributed by atoms with Gasteiger partial charge >= 0.3 is 5.97 Å². The number of thiazole rings is 1. The number of nitrogens with zero attached hydrogens (tertiary/aromatic N) is 1. The summed E-state index contributed by atoms with van der Waals surface area (Å²) in [6.45, 7) is 5.56. The minimum atomic E-state index is -0.411. The van der Waals surface area contributed by atoms with Crippen molar-refractivity contribution in [2.45, 2.75) is 40.0 Å². The van der Waals surface area contributed by atoms with E-state index in [2.05, 4.69) is 15.3 Å². The SMILES string of the molecule is CCOC(=O)c1c(C)[nH]c(C(=O)Nc2nc3c(s2)CCC3)c1C. The number of esters is 1. The smallest absolute Gasteiger partial charge is 0.340 e. The highest BCUT2D eigenvalue weighted by atomic mass is 32.1. The number of hydrogen-bond donors (Lipinski definition) is 2. The molecule has 0 unspecified atom stereocenters. The summed E-state index contributed by atoms with van der Waals surface area (Å²) in [5.41, 5.74) is 3.13. The number of hydrogen-bond acceptors (Lipinski definition) is 5. The minimum absolute atomic E-state index is 0.284. The molecule has 0 aromatic carbocycles. The van der Waals surface area contributed by atoms with Crippen LogP contribution in [0.1, 0.15) is 56.0 Å². The highest BCUT2D eigenvalue weighted by molar-refractivity contribution is 7.16. The predicted molar refractivity (Wildman–Crippen MR) is 88.3 cm³/mol. The summed E-state index contributed by atoms with van der Waals surface area (Å²) in [5.74, 6) is -0.695. The second kappa shape index (κ2) is 6.16. The van der Waals surface area contributed by atoms with E-state index in [0.29, 0.717) is 34.3 Å². The van der Waals surface area contributed by atoms with E-state index in [1.165, 1.54) is 16.2 Å². The molecule has 0 radical (unpaired) electrons. The summed E-state index contributed by atoms with van der Waals surface area (Å²) in [6, 6.07) is 0. The van der Waals surface area contributed by atoms with Crippen molar-refractivity contribution < 1.29 is 14.3 Å². The molecule has 0 bridgehead atoms. The van der Waals surface area contributed by atoms with Crippen LogP contribution < -0.4 is 5.32 Å². The number of amides is 1. The Balaban J connectivity index is 1.82. The number of anilines is 1. The van der Waals surface area contributed by atoms with Gasteiger partial charge in [0.2, 0.25) is 0 Å². The lowest BCUT2D eigenvalue weighted by Gasteiger charge is -2.03. The molecule has 0 spiro atoms. The molecule has 23 heavy (non-hydrogen) atoms. The summed E-state index contributed by atoms with van der Waals surface area (Å²) in [4.78, 5) is 33.2. The van der Waals surface area contributed by atoms with Crippen molar-refractivity contribution in [2.75, 3.05) is 11.9 Å². The molecule has 2 N–H and O–H groups in total. The van der Waals surface area contributed by atoms with Crippen molar-refractivity contribution in [3.63, 3.8) is 0 Å². The topological polar surface area (TPSA) is 84.1 Å². The molecule has 2 heterocycles. The number of fused-ring (bicyclic) bond motifs is 1. The van der Waals surface area contributed by atoms with Gasteiger partial charge in [-0.05, 0) is 45.6 Å². The molecule has 122 valence electrons. The third-order valence-corrected chi connectivity index (χ3v) is 5.03. The summed E-state index contributed by atoms with van der Waals surface area (Å²) >= 11 is 1.53. The summed E-state index contributed by atoms with van der Waals surface area (Å²) in [6.07, 6.45) is 3.16. The number of H-pyrrole nitrogens is 1. The Morgan fingerprint density at radius 2 is 2.13 bits per heavy atom. The molecule has 0 saturated heterocycles. The predicted octanol–water partition coefficient (Wildman–Crippen LogP) is 3.01. The van der Waals surface area contributed by atoms with E-state index in [0.717, 1.165) is 25.0 Å². The molecule has 3 rings (SSSR count). The van der Waals surface area contributed by atoms with Crippen LogP contribution in [0.2, 0.25) is 0 Å². The van der Waals surface area contributed by atoms with Gasteiger partial charge in [-0.3, -0.25) is 10.1 Å². The fourth-order valence-electron chi connectivity index (χ4n) is 2.89. The molecule has 2 aromatic rings. The molecule has 2 aromatic heterocycles. The van der Waals surface area contributed by atoms with Crippen LogP contribution >= 0.6 is 11.3 Å². The molecule has 0 fully saturated rings. The van der Waals surface area contributed by atoms with Gasteiger partial charge in [0.15, 0.2) is 5.13 Å². The Bertz CT molecular complexity index is 754. The third kappa shape index (κ3) is 2.88. The lowest BCUT2D eigenvalue weighted by molar-refractivity contribution is 0.0525. The first-order valence-electron chi connectivity index (χ1n) is 7.67. The zero-order chi connectivity index (χ0) is 16.6. The first-order valence-corrected chi connectivity index (χ1v) is 8.49. The Labute approximate surface area is 138 Å².